The van der Waals surface area contributed by atoms with Gasteiger partial charge < -0.3 is 11.1 Å². The van der Waals surface area contributed by atoms with Gasteiger partial charge in [-0.3, -0.25) is 14.4 Å². The molecule has 2 aromatic rings. The molecule has 30 heavy (non-hydrogen) atoms. The summed E-state index contributed by atoms with van der Waals surface area (Å²) in [6, 6.07) is 17.1. The van der Waals surface area contributed by atoms with Crippen molar-refractivity contribution in [2.45, 2.75) is 32.1 Å². The summed E-state index contributed by atoms with van der Waals surface area (Å²) >= 11 is 2.67. The zero-order chi connectivity index (χ0) is 21.9. The van der Waals surface area contributed by atoms with Crippen LogP contribution < -0.4 is 11.1 Å². The lowest BCUT2D eigenvalue weighted by atomic mass is 10.00. The van der Waals surface area contributed by atoms with Crippen LogP contribution in [0.5, 0.6) is 0 Å². The van der Waals surface area contributed by atoms with Gasteiger partial charge in [-0.1, -0.05) is 71.9 Å². The van der Waals surface area contributed by atoms with Gasteiger partial charge in [-0.05, 0) is 24.5 Å². The Hall–Kier alpha value is -2.25. The van der Waals surface area contributed by atoms with Crippen LogP contribution in [-0.2, 0) is 26.6 Å². The van der Waals surface area contributed by atoms with Crippen LogP contribution in [0.25, 0.3) is 0 Å². The second-order valence-corrected chi connectivity index (χ2v) is 9.38. The van der Waals surface area contributed by atoms with Crippen LogP contribution in [0.3, 0.4) is 0 Å². The maximum atomic E-state index is 12.9. The molecule has 7 heteroatoms. The molecule has 0 radical (unpaired) electrons. The molecule has 2 atom stereocenters. The second kappa shape index (κ2) is 12.4. The number of nitrogens with one attached hydrogen (secondary N) is 1. The van der Waals surface area contributed by atoms with Crippen molar-refractivity contribution in [2.24, 2.45) is 11.7 Å². The Bertz CT molecular complexity index is 841. The number of thioether (sulfide) groups is 2. The van der Waals surface area contributed by atoms with Crippen molar-refractivity contribution < 1.29 is 14.4 Å². The lowest BCUT2D eigenvalue weighted by Gasteiger charge is -2.20. The number of benzene rings is 2. The first-order valence-corrected chi connectivity index (χ1v) is 11.9. The fraction of sp³-hybridized carbons (Fsp3) is 0.348. The molecule has 0 unspecified atom stereocenters. The zero-order valence-corrected chi connectivity index (χ0v) is 18.9. The van der Waals surface area contributed by atoms with Gasteiger partial charge in [0.25, 0.3) is 0 Å². The molecule has 0 bridgehead atoms. The molecular formula is C23H28N2O3S2. The lowest BCUT2D eigenvalue weighted by Crippen LogP contribution is -2.48. The number of nitrogens with two attached hydrogens (primary N) is 1. The highest BCUT2D eigenvalue weighted by Crippen LogP contribution is 2.18. The molecule has 0 heterocycles. The highest BCUT2D eigenvalue weighted by atomic mass is 32.2. The van der Waals surface area contributed by atoms with Crippen LogP contribution in [0.15, 0.2) is 54.6 Å². The van der Waals surface area contributed by atoms with Crippen LogP contribution in [0.2, 0.25) is 0 Å². The summed E-state index contributed by atoms with van der Waals surface area (Å²) in [5, 5.41) is 2.76. The normalized spacial score (nSPS) is 12.7. The third-order valence-corrected chi connectivity index (χ3v) is 6.60. The number of aryl methyl sites for hydroxylation is 1. The number of rotatable bonds is 11. The van der Waals surface area contributed by atoms with Crippen LogP contribution in [0.1, 0.15) is 23.6 Å². The highest BCUT2D eigenvalue weighted by Gasteiger charge is 2.25. The molecule has 5 nitrogen and oxygen atoms in total. The van der Waals surface area contributed by atoms with E-state index in [1.54, 1.807) is 11.8 Å². The van der Waals surface area contributed by atoms with Gasteiger partial charge in [0, 0.05) is 24.2 Å². The van der Waals surface area contributed by atoms with E-state index in [1.165, 1.54) is 12.5 Å². The van der Waals surface area contributed by atoms with Gasteiger partial charge >= 0.3 is 0 Å². The largest absolute Gasteiger partial charge is 0.368 e. The van der Waals surface area contributed by atoms with Crippen LogP contribution in [-0.4, -0.2) is 34.5 Å². The minimum Gasteiger partial charge on any atom is -0.368 e. The number of amides is 2. The predicted octanol–water partition coefficient (Wildman–Crippen LogP) is 3.34. The molecule has 2 amide bonds. The first-order chi connectivity index (χ1) is 14.3. The molecular weight excluding hydrogens is 416 g/mol. The van der Waals surface area contributed by atoms with E-state index in [4.69, 9.17) is 5.73 Å². The first kappa shape index (κ1) is 24.0. The minimum absolute atomic E-state index is 0.0408. The van der Waals surface area contributed by atoms with Crippen molar-refractivity contribution in [3.05, 3.63) is 71.3 Å². The quantitative estimate of drug-likeness (QED) is 0.555. The first-order valence-electron chi connectivity index (χ1n) is 9.75. The summed E-state index contributed by atoms with van der Waals surface area (Å²) in [5.74, 6) is 0.244. The van der Waals surface area contributed by atoms with Gasteiger partial charge in [0.2, 0.25) is 11.8 Å². The summed E-state index contributed by atoms with van der Waals surface area (Å²) in [7, 11) is 0. The van der Waals surface area contributed by atoms with Crippen LogP contribution in [0.4, 0.5) is 0 Å². The average molecular weight is 445 g/mol. The van der Waals surface area contributed by atoms with E-state index < -0.39 is 17.9 Å². The molecule has 0 spiro atoms. The molecule has 3 N–H and O–H groups in total. The predicted molar refractivity (Wildman–Crippen MR) is 125 cm³/mol. The Morgan fingerprint density at radius 1 is 0.967 bits per heavy atom. The van der Waals surface area contributed by atoms with Crippen molar-refractivity contribution in [2.75, 3.05) is 11.5 Å². The van der Waals surface area contributed by atoms with E-state index in [1.807, 2.05) is 49.4 Å². The van der Waals surface area contributed by atoms with E-state index >= 15 is 0 Å². The Labute approximate surface area is 186 Å². The minimum atomic E-state index is -0.756. The van der Waals surface area contributed by atoms with E-state index in [-0.39, 0.29) is 11.0 Å². The fourth-order valence-electron chi connectivity index (χ4n) is 2.81. The summed E-state index contributed by atoms with van der Waals surface area (Å²) in [5.41, 5.74) is 8.88. The SMILES string of the molecule is CC(=O)SC[C@@H](Cc1ccccc1)C(=O)N[C@H](CSCc1ccc(C)cc1)C(N)=O. The van der Waals surface area contributed by atoms with Crippen LogP contribution >= 0.6 is 23.5 Å². The van der Waals surface area contributed by atoms with Gasteiger partial charge in [-0.15, -0.1) is 0 Å². The van der Waals surface area contributed by atoms with Gasteiger partial charge in [-0.2, -0.15) is 11.8 Å². The van der Waals surface area contributed by atoms with E-state index in [0.717, 1.165) is 28.6 Å². The van der Waals surface area contributed by atoms with Gasteiger partial charge in [0.05, 0.1) is 5.92 Å². The number of carbonyl (C=O) groups is 3. The number of hydrogen-bond donors (Lipinski definition) is 2. The number of hydrogen-bond acceptors (Lipinski definition) is 5. The molecule has 0 saturated heterocycles. The van der Waals surface area contributed by atoms with Gasteiger partial charge in [-0.25, -0.2) is 0 Å². The zero-order valence-electron chi connectivity index (χ0n) is 17.3. The molecule has 0 aliphatic carbocycles. The maximum Gasteiger partial charge on any atom is 0.240 e. The molecule has 160 valence electrons. The molecule has 0 aromatic heterocycles. The summed E-state index contributed by atoms with van der Waals surface area (Å²) in [6.45, 7) is 3.52. The van der Waals surface area contributed by atoms with Gasteiger partial charge in [0.15, 0.2) is 5.12 Å². The maximum absolute atomic E-state index is 12.9. The Morgan fingerprint density at radius 3 is 2.23 bits per heavy atom. The molecule has 0 aliphatic heterocycles. The van der Waals surface area contributed by atoms with Crippen molar-refractivity contribution in [3.8, 4) is 0 Å². The van der Waals surface area contributed by atoms with Crippen molar-refractivity contribution >= 4 is 40.5 Å². The fourth-order valence-corrected chi connectivity index (χ4v) is 4.54. The third-order valence-electron chi connectivity index (χ3n) is 4.52. The Kier molecular flexibility index (Phi) is 9.97. The van der Waals surface area contributed by atoms with Crippen molar-refractivity contribution in [1.82, 2.24) is 5.32 Å². The van der Waals surface area contributed by atoms with E-state index in [9.17, 15) is 14.4 Å². The highest BCUT2D eigenvalue weighted by molar-refractivity contribution is 8.13. The molecule has 0 aliphatic rings. The average Bonchev–Trinajstić information content (AvgIpc) is 2.72. The Balaban J connectivity index is 1.96. The third kappa shape index (κ3) is 8.63. The molecule has 0 saturated carbocycles. The molecule has 2 rings (SSSR count). The summed E-state index contributed by atoms with van der Waals surface area (Å²) in [4.78, 5) is 36.2. The molecule has 2 aromatic carbocycles. The van der Waals surface area contributed by atoms with E-state index in [2.05, 4.69) is 17.4 Å². The van der Waals surface area contributed by atoms with Crippen molar-refractivity contribution in [1.29, 1.82) is 0 Å². The smallest absolute Gasteiger partial charge is 0.240 e. The molecule has 0 fully saturated rings. The number of primary amides is 1. The monoisotopic (exact) mass is 444 g/mol. The number of carbonyl (C=O) groups excluding carboxylic acids is 3. The summed E-state index contributed by atoms with van der Waals surface area (Å²) < 4.78 is 0. The second-order valence-electron chi connectivity index (χ2n) is 7.15. The standard InChI is InChI=1S/C23H28N2O3S2/c1-16-8-10-19(11-9-16)13-29-15-21(22(24)27)25-23(28)20(14-30-17(2)26)12-18-6-4-3-5-7-18/h3-11,20-21H,12-15H2,1-2H3,(H2,24,27)(H,25,28)/t20-,21-/m1/s1. The lowest BCUT2D eigenvalue weighted by molar-refractivity contribution is -0.129. The van der Waals surface area contributed by atoms with E-state index in [0.29, 0.717) is 17.9 Å². The van der Waals surface area contributed by atoms with Crippen LogP contribution in [0, 0.1) is 12.8 Å². The summed E-state index contributed by atoms with van der Waals surface area (Å²) in [6.07, 6.45) is 0.495. The Morgan fingerprint density at radius 2 is 1.63 bits per heavy atom. The van der Waals surface area contributed by atoms with Gasteiger partial charge in [0.1, 0.15) is 6.04 Å². The topological polar surface area (TPSA) is 89.3 Å². The van der Waals surface area contributed by atoms with Crippen molar-refractivity contribution in [3.63, 3.8) is 0 Å².